The zero-order valence-corrected chi connectivity index (χ0v) is 20.3. The van der Waals surface area contributed by atoms with E-state index in [9.17, 15) is 35.5 Å². The summed E-state index contributed by atoms with van der Waals surface area (Å²) in [7, 11) is 1.17. The van der Waals surface area contributed by atoms with Crippen LogP contribution in [0.15, 0.2) is 84.9 Å². The van der Waals surface area contributed by atoms with Crippen LogP contribution >= 0.6 is 0 Å². The zero-order chi connectivity index (χ0) is 28.4. The molecule has 3 nitrogen and oxygen atoms in total. The minimum atomic E-state index is -4.95. The second kappa shape index (κ2) is 10.8. The van der Waals surface area contributed by atoms with Gasteiger partial charge in [0, 0.05) is 18.1 Å². The summed E-state index contributed by atoms with van der Waals surface area (Å²) < 4.78 is 103. The van der Waals surface area contributed by atoms with E-state index in [1.165, 1.54) is 13.2 Å². The number of hydrogen-bond acceptors (Lipinski definition) is 2. The largest absolute Gasteiger partial charge is 0.494 e. The van der Waals surface area contributed by atoms with Gasteiger partial charge in [-0.3, -0.25) is 4.79 Å². The third-order valence-corrected chi connectivity index (χ3v) is 6.13. The summed E-state index contributed by atoms with van der Waals surface area (Å²) in [6.45, 7) is 0. The maximum absolute atomic E-state index is 14.7. The molecule has 0 spiro atoms. The van der Waals surface area contributed by atoms with Crippen LogP contribution in [0.5, 0.6) is 5.75 Å². The van der Waals surface area contributed by atoms with Gasteiger partial charge in [0.25, 0.3) is 5.91 Å². The highest BCUT2D eigenvalue weighted by Gasteiger charge is 2.40. The SMILES string of the molecule is COc1cc([C@@](Cc2ccccc2)(NC(=O)c2cc(F)cc(F)c2)c2cc(F)cc(C(F)(F)F)c2)ccc1F. The Labute approximate surface area is 218 Å². The smallest absolute Gasteiger partial charge is 0.416 e. The third kappa shape index (κ3) is 6.05. The first-order valence-corrected chi connectivity index (χ1v) is 11.5. The molecule has 0 bridgehead atoms. The maximum atomic E-state index is 14.7. The fraction of sp³-hybridized carbons (Fsp3) is 0.138. The molecule has 1 amide bonds. The van der Waals surface area contributed by atoms with E-state index in [1.807, 2.05) is 0 Å². The maximum Gasteiger partial charge on any atom is 0.416 e. The summed E-state index contributed by atoms with van der Waals surface area (Å²) in [6.07, 6.45) is -5.21. The Hall–Kier alpha value is -4.34. The van der Waals surface area contributed by atoms with Gasteiger partial charge in [-0.05, 0) is 59.2 Å². The van der Waals surface area contributed by atoms with E-state index in [4.69, 9.17) is 4.74 Å². The first-order chi connectivity index (χ1) is 18.4. The van der Waals surface area contributed by atoms with Gasteiger partial charge < -0.3 is 10.1 Å². The fourth-order valence-corrected chi connectivity index (χ4v) is 4.34. The van der Waals surface area contributed by atoms with Crippen LogP contribution in [0.3, 0.4) is 0 Å². The molecule has 0 radical (unpaired) electrons. The standard InChI is InChI=1S/C29H20F7NO2/c1-39-26-14-19(7-8-25(26)33)28(16-17-5-3-2-4-6-17,20-11-21(29(34,35)36)13-24(32)12-20)37-27(38)18-9-22(30)15-23(31)10-18/h2-15H,16H2,1H3,(H,37,38)/t28-/m1/s1. The molecular formula is C29H20F7NO2. The van der Waals surface area contributed by atoms with E-state index >= 15 is 0 Å². The Balaban J connectivity index is 2.03. The summed E-state index contributed by atoms with van der Waals surface area (Å²) in [5.74, 6) is -5.57. The number of rotatable bonds is 7. The van der Waals surface area contributed by atoms with Gasteiger partial charge in [0.1, 0.15) is 17.5 Å². The van der Waals surface area contributed by atoms with Crippen LogP contribution in [-0.4, -0.2) is 13.0 Å². The third-order valence-electron chi connectivity index (χ3n) is 6.13. The number of methoxy groups -OCH3 is 1. The van der Waals surface area contributed by atoms with Gasteiger partial charge >= 0.3 is 6.18 Å². The van der Waals surface area contributed by atoms with Gasteiger partial charge in [0.05, 0.1) is 18.2 Å². The van der Waals surface area contributed by atoms with Crippen molar-refractivity contribution in [2.24, 2.45) is 0 Å². The summed E-state index contributed by atoms with van der Waals surface area (Å²) in [4.78, 5) is 13.4. The molecule has 4 rings (SSSR count). The van der Waals surface area contributed by atoms with Crippen molar-refractivity contribution in [3.05, 3.63) is 136 Å². The molecule has 0 saturated carbocycles. The van der Waals surface area contributed by atoms with Gasteiger partial charge in [0.15, 0.2) is 11.6 Å². The number of hydrogen-bond donors (Lipinski definition) is 1. The Morgan fingerprint density at radius 2 is 1.36 bits per heavy atom. The Morgan fingerprint density at radius 1 is 0.744 bits per heavy atom. The molecule has 4 aromatic carbocycles. The molecule has 0 aliphatic carbocycles. The summed E-state index contributed by atoms with van der Waals surface area (Å²) in [5, 5.41) is 2.57. The lowest BCUT2D eigenvalue weighted by molar-refractivity contribution is -0.137. The molecule has 0 aromatic heterocycles. The molecule has 4 aromatic rings. The molecule has 0 aliphatic rings. The minimum absolute atomic E-state index is 0.0218. The van der Waals surface area contributed by atoms with Crippen LogP contribution in [0.25, 0.3) is 0 Å². The summed E-state index contributed by atoms with van der Waals surface area (Å²) >= 11 is 0. The first kappa shape index (κ1) is 27.7. The van der Waals surface area contributed by atoms with Crippen LogP contribution in [0.2, 0.25) is 0 Å². The number of amides is 1. The monoisotopic (exact) mass is 547 g/mol. The Bertz CT molecular complexity index is 1490. The number of benzene rings is 4. The fourth-order valence-electron chi connectivity index (χ4n) is 4.34. The molecular weight excluding hydrogens is 527 g/mol. The highest BCUT2D eigenvalue weighted by molar-refractivity contribution is 5.95. The summed E-state index contributed by atoms with van der Waals surface area (Å²) in [5.41, 5.74) is -3.65. The van der Waals surface area contributed by atoms with Crippen molar-refractivity contribution in [2.45, 2.75) is 18.1 Å². The Morgan fingerprint density at radius 3 is 1.97 bits per heavy atom. The van der Waals surface area contributed by atoms with Crippen molar-refractivity contribution >= 4 is 5.91 Å². The van der Waals surface area contributed by atoms with Crippen molar-refractivity contribution in [1.29, 1.82) is 0 Å². The van der Waals surface area contributed by atoms with E-state index in [0.29, 0.717) is 23.8 Å². The van der Waals surface area contributed by atoms with Crippen LogP contribution in [-0.2, 0) is 18.1 Å². The number of carbonyl (C=O) groups excluding carboxylic acids is 1. The molecule has 0 aliphatic heterocycles. The van der Waals surface area contributed by atoms with E-state index < -0.39 is 52.0 Å². The molecule has 0 unspecified atom stereocenters. The normalized spacial score (nSPS) is 13.0. The van der Waals surface area contributed by atoms with Crippen molar-refractivity contribution in [3.8, 4) is 5.75 Å². The molecule has 1 N–H and O–H groups in total. The van der Waals surface area contributed by atoms with E-state index in [2.05, 4.69) is 5.32 Å². The number of halogens is 7. The lowest BCUT2D eigenvalue weighted by Crippen LogP contribution is -2.49. The number of nitrogens with one attached hydrogen (secondary N) is 1. The van der Waals surface area contributed by atoms with Gasteiger partial charge in [-0.1, -0.05) is 36.4 Å². The second-order valence-corrected chi connectivity index (χ2v) is 8.76. The summed E-state index contributed by atoms with van der Waals surface area (Å²) in [6, 6.07) is 15.3. The number of ether oxygens (including phenoxy) is 1. The van der Waals surface area contributed by atoms with Crippen molar-refractivity contribution < 1.29 is 40.3 Å². The predicted molar refractivity (Wildman–Crippen MR) is 129 cm³/mol. The Kier molecular flexibility index (Phi) is 7.67. The molecule has 0 saturated heterocycles. The van der Waals surface area contributed by atoms with Gasteiger partial charge in [-0.15, -0.1) is 0 Å². The van der Waals surface area contributed by atoms with Gasteiger partial charge in [-0.25, -0.2) is 17.6 Å². The second-order valence-electron chi connectivity index (χ2n) is 8.76. The van der Waals surface area contributed by atoms with Crippen LogP contribution in [0.1, 0.15) is 32.6 Å². The topological polar surface area (TPSA) is 38.3 Å². The molecule has 39 heavy (non-hydrogen) atoms. The van der Waals surface area contributed by atoms with Crippen LogP contribution < -0.4 is 10.1 Å². The van der Waals surface area contributed by atoms with Crippen molar-refractivity contribution in [3.63, 3.8) is 0 Å². The van der Waals surface area contributed by atoms with E-state index in [1.54, 1.807) is 30.3 Å². The molecule has 0 heterocycles. The quantitative estimate of drug-likeness (QED) is 0.249. The van der Waals surface area contributed by atoms with E-state index in [0.717, 1.165) is 30.3 Å². The number of carbonyl (C=O) groups is 1. The van der Waals surface area contributed by atoms with Gasteiger partial charge in [0.2, 0.25) is 0 Å². The first-order valence-electron chi connectivity index (χ1n) is 11.5. The van der Waals surface area contributed by atoms with Crippen molar-refractivity contribution in [2.75, 3.05) is 7.11 Å². The average molecular weight is 547 g/mol. The lowest BCUT2D eigenvalue weighted by Gasteiger charge is -2.37. The highest BCUT2D eigenvalue weighted by atomic mass is 19.4. The lowest BCUT2D eigenvalue weighted by atomic mass is 9.77. The van der Waals surface area contributed by atoms with Crippen LogP contribution in [0, 0.1) is 23.3 Å². The van der Waals surface area contributed by atoms with Gasteiger partial charge in [-0.2, -0.15) is 13.2 Å². The molecule has 202 valence electrons. The molecule has 1 atom stereocenters. The minimum Gasteiger partial charge on any atom is -0.494 e. The van der Waals surface area contributed by atoms with Crippen molar-refractivity contribution in [1.82, 2.24) is 5.32 Å². The molecule has 0 fully saturated rings. The van der Waals surface area contributed by atoms with E-state index in [-0.39, 0.29) is 23.3 Å². The average Bonchev–Trinajstić information content (AvgIpc) is 2.87. The van der Waals surface area contributed by atoms with Crippen LogP contribution in [0.4, 0.5) is 30.7 Å². The zero-order valence-electron chi connectivity index (χ0n) is 20.3. The number of alkyl halides is 3. The predicted octanol–water partition coefficient (Wildman–Crippen LogP) is 7.19. The highest BCUT2D eigenvalue weighted by Crippen LogP contribution is 2.40. The molecule has 10 heteroatoms.